The van der Waals surface area contributed by atoms with Gasteiger partial charge in [-0.15, -0.1) is 0 Å². The van der Waals surface area contributed by atoms with Crippen molar-refractivity contribution in [1.29, 1.82) is 0 Å². The van der Waals surface area contributed by atoms with Gasteiger partial charge in [0.15, 0.2) is 5.69 Å². The summed E-state index contributed by atoms with van der Waals surface area (Å²) in [6.45, 7) is 6.43. The molecule has 1 aromatic carbocycles. The van der Waals surface area contributed by atoms with Gasteiger partial charge in [-0.2, -0.15) is 5.10 Å². The standard InChI is InChI=1S/C18H23N3O3/c1-10-7-14(23-4)6-5-13(10)9-19-18(22)17-15-8-11(2)24-12(3)16(15)20-21-17/h5-7,11-12H,8-9H2,1-4H3,(H,19,22)(H,20,21)/t11-,12+/m0/s1. The summed E-state index contributed by atoms with van der Waals surface area (Å²) in [7, 11) is 1.64. The number of benzene rings is 1. The van der Waals surface area contributed by atoms with Crippen molar-refractivity contribution in [2.75, 3.05) is 7.11 Å². The molecule has 2 atom stereocenters. The van der Waals surface area contributed by atoms with Gasteiger partial charge in [0.2, 0.25) is 0 Å². The fourth-order valence-electron chi connectivity index (χ4n) is 3.11. The van der Waals surface area contributed by atoms with E-state index in [1.54, 1.807) is 7.11 Å². The van der Waals surface area contributed by atoms with Crippen LogP contribution in [0.3, 0.4) is 0 Å². The number of aromatic nitrogens is 2. The van der Waals surface area contributed by atoms with Crippen LogP contribution in [-0.4, -0.2) is 29.3 Å². The number of fused-ring (bicyclic) bond motifs is 1. The first-order valence-corrected chi connectivity index (χ1v) is 8.14. The normalized spacial score (nSPS) is 19.7. The Balaban J connectivity index is 1.72. The molecule has 1 aliphatic heterocycles. The van der Waals surface area contributed by atoms with Crippen molar-refractivity contribution in [3.8, 4) is 5.75 Å². The summed E-state index contributed by atoms with van der Waals surface area (Å²) in [6.07, 6.45) is 0.711. The maximum atomic E-state index is 12.5. The van der Waals surface area contributed by atoms with Crippen molar-refractivity contribution >= 4 is 5.91 Å². The lowest BCUT2D eigenvalue weighted by Gasteiger charge is -2.25. The maximum absolute atomic E-state index is 12.5. The van der Waals surface area contributed by atoms with E-state index in [-0.39, 0.29) is 18.1 Å². The fourth-order valence-corrected chi connectivity index (χ4v) is 3.11. The largest absolute Gasteiger partial charge is 0.497 e. The van der Waals surface area contributed by atoms with Gasteiger partial charge in [0.1, 0.15) is 5.75 Å². The van der Waals surface area contributed by atoms with Gasteiger partial charge in [0.05, 0.1) is 25.0 Å². The zero-order valence-corrected chi connectivity index (χ0v) is 14.5. The average molecular weight is 329 g/mol. The van der Waals surface area contributed by atoms with E-state index < -0.39 is 0 Å². The van der Waals surface area contributed by atoms with Crippen molar-refractivity contribution < 1.29 is 14.3 Å². The molecule has 0 fully saturated rings. The summed E-state index contributed by atoms with van der Waals surface area (Å²) in [5.41, 5.74) is 4.47. The zero-order valence-electron chi connectivity index (χ0n) is 14.5. The summed E-state index contributed by atoms with van der Waals surface area (Å²) < 4.78 is 11.0. The van der Waals surface area contributed by atoms with Crippen LogP contribution in [-0.2, 0) is 17.7 Å². The molecule has 2 aromatic rings. The van der Waals surface area contributed by atoms with Crippen molar-refractivity contribution in [2.24, 2.45) is 0 Å². The molecule has 6 heteroatoms. The second-order valence-corrected chi connectivity index (χ2v) is 6.23. The lowest BCUT2D eigenvalue weighted by molar-refractivity contribution is -0.00697. The van der Waals surface area contributed by atoms with E-state index in [1.807, 2.05) is 39.0 Å². The number of nitrogens with one attached hydrogen (secondary N) is 2. The second kappa shape index (κ2) is 6.65. The smallest absolute Gasteiger partial charge is 0.272 e. The fraction of sp³-hybridized carbons (Fsp3) is 0.444. The number of ether oxygens (including phenoxy) is 2. The van der Waals surface area contributed by atoms with Gasteiger partial charge in [-0.25, -0.2) is 0 Å². The Morgan fingerprint density at radius 2 is 2.25 bits per heavy atom. The summed E-state index contributed by atoms with van der Waals surface area (Å²) in [5, 5.41) is 10.1. The molecular formula is C18H23N3O3. The van der Waals surface area contributed by atoms with Gasteiger partial charge < -0.3 is 14.8 Å². The molecule has 0 radical (unpaired) electrons. The maximum Gasteiger partial charge on any atom is 0.272 e. The van der Waals surface area contributed by atoms with E-state index >= 15 is 0 Å². The third kappa shape index (κ3) is 3.14. The Bertz CT molecular complexity index is 754. The zero-order chi connectivity index (χ0) is 17.3. The predicted molar refractivity (Wildman–Crippen MR) is 90.2 cm³/mol. The molecule has 0 saturated heterocycles. The van der Waals surface area contributed by atoms with E-state index in [2.05, 4.69) is 15.5 Å². The minimum Gasteiger partial charge on any atom is -0.497 e. The number of H-pyrrole nitrogens is 1. The molecule has 1 aliphatic rings. The van der Waals surface area contributed by atoms with Gasteiger partial charge in [0.25, 0.3) is 5.91 Å². The van der Waals surface area contributed by atoms with Gasteiger partial charge in [-0.1, -0.05) is 6.07 Å². The molecule has 3 rings (SSSR count). The Morgan fingerprint density at radius 3 is 2.96 bits per heavy atom. The summed E-state index contributed by atoms with van der Waals surface area (Å²) in [4.78, 5) is 12.5. The molecular weight excluding hydrogens is 306 g/mol. The van der Waals surface area contributed by atoms with Crippen LogP contribution < -0.4 is 10.1 Å². The van der Waals surface area contributed by atoms with Crippen LogP contribution in [0.25, 0.3) is 0 Å². The van der Waals surface area contributed by atoms with Gasteiger partial charge in [0, 0.05) is 18.5 Å². The third-order valence-corrected chi connectivity index (χ3v) is 4.44. The first-order chi connectivity index (χ1) is 11.5. The molecule has 2 N–H and O–H groups in total. The Labute approximate surface area is 141 Å². The van der Waals surface area contributed by atoms with Crippen LogP contribution in [0.5, 0.6) is 5.75 Å². The first kappa shape index (κ1) is 16.5. The number of carbonyl (C=O) groups is 1. The number of aryl methyl sites for hydroxylation is 1. The van der Waals surface area contributed by atoms with Crippen LogP contribution in [0, 0.1) is 6.92 Å². The number of rotatable bonds is 4. The van der Waals surface area contributed by atoms with Crippen molar-refractivity contribution in [3.63, 3.8) is 0 Å². The number of nitrogens with zero attached hydrogens (tertiary/aromatic N) is 1. The summed E-state index contributed by atoms with van der Waals surface area (Å²) in [5.74, 6) is 0.649. The number of hydrogen-bond acceptors (Lipinski definition) is 4. The number of amides is 1. The van der Waals surface area contributed by atoms with E-state index in [0.717, 1.165) is 28.1 Å². The number of carbonyl (C=O) groups excluding carboxylic acids is 1. The molecule has 2 heterocycles. The minimum absolute atomic E-state index is 0.0679. The number of aromatic amines is 1. The summed E-state index contributed by atoms with van der Waals surface area (Å²) >= 11 is 0. The van der Waals surface area contributed by atoms with Crippen LogP contribution in [0.1, 0.15) is 52.8 Å². The molecule has 0 aliphatic carbocycles. The molecule has 0 saturated carbocycles. The van der Waals surface area contributed by atoms with Crippen LogP contribution in [0.4, 0.5) is 0 Å². The second-order valence-electron chi connectivity index (χ2n) is 6.23. The highest BCUT2D eigenvalue weighted by Crippen LogP contribution is 2.30. The quantitative estimate of drug-likeness (QED) is 0.904. The molecule has 0 spiro atoms. The monoisotopic (exact) mass is 329 g/mol. The van der Waals surface area contributed by atoms with E-state index in [1.165, 1.54) is 0 Å². The highest BCUT2D eigenvalue weighted by atomic mass is 16.5. The van der Waals surface area contributed by atoms with E-state index in [0.29, 0.717) is 18.7 Å². The Hall–Kier alpha value is -2.34. The Morgan fingerprint density at radius 1 is 1.46 bits per heavy atom. The molecule has 1 aromatic heterocycles. The van der Waals surface area contributed by atoms with Crippen LogP contribution in [0.15, 0.2) is 18.2 Å². The molecule has 1 amide bonds. The summed E-state index contributed by atoms with van der Waals surface area (Å²) in [6, 6.07) is 5.82. The molecule has 128 valence electrons. The lowest BCUT2D eigenvalue weighted by atomic mass is 9.99. The Kier molecular flexibility index (Phi) is 4.57. The van der Waals surface area contributed by atoms with Crippen molar-refractivity contribution in [1.82, 2.24) is 15.5 Å². The van der Waals surface area contributed by atoms with Gasteiger partial charge in [-0.05, 0) is 44.0 Å². The molecule has 0 unspecified atom stereocenters. The van der Waals surface area contributed by atoms with Crippen molar-refractivity contribution in [2.45, 2.75) is 45.9 Å². The highest BCUT2D eigenvalue weighted by molar-refractivity contribution is 5.94. The molecule has 24 heavy (non-hydrogen) atoms. The predicted octanol–water partition coefficient (Wildman–Crippen LogP) is 2.68. The van der Waals surface area contributed by atoms with Crippen LogP contribution >= 0.6 is 0 Å². The topological polar surface area (TPSA) is 76.2 Å². The molecule has 6 nitrogen and oxygen atoms in total. The van der Waals surface area contributed by atoms with E-state index in [9.17, 15) is 4.79 Å². The lowest BCUT2D eigenvalue weighted by Crippen LogP contribution is -2.27. The van der Waals surface area contributed by atoms with Gasteiger partial charge in [-0.3, -0.25) is 9.89 Å². The SMILES string of the molecule is COc1ccc(CNC(=O)c2n[nH]c3c2C[C@H](C)O[C@@H]3C)c(C)c1. The van der Waals surface area contributed by atoms with Crippen molar-refractivity contribution in [3.05, 3.63) is 46.3 Å². The van der Waals surface area contributed by atoms with Crippen LogP contribution in [0.2, 0.25) is 0 Å². The average Bonchev–Trinajstić information content (AvgIpc) is 2.97. The minimum atomic E-state index is -0.163. The first-order valence-electron chi connectivity index (χ1n) is 8.14. The van der Waals surface area contributed by atoms with E-state index in [4.69, 9.17) is 9.47 Å². The highest BCUT2D eigenvalue weighted by Gasteiger charge is 2.29. The van der Waals surface area contributed by atoms with Gasteiger partial charge >= 0.3 is 0 Å². The third-order valence-electron chi connectivity index (χ3n) is 4.44. The molecule has 0 bridgehead atoms. The number of hydrogen-bond donors (Lipinski definition) is 2. The number of methoxy groups -OCH3 is 1.